The van der Waals surface area contributed by atoms with E-state index in [1.54, 1.807) is 0 Å². The molecule has 5 heteroatoms. The summed E-state index contributed by atoms with van der Waals surface area (Å²) in [5, 5.41) is 0. The number of aromatic nitrogens is 2. The van der Waals surface area contributed by atoms with Crippen molar-refractivity contribution in [3.8, 4) is 11.1 Å². The zero-order chi connectivity index (χ0) is 10.8. The normalized spacial score (nSPS) is 10.2. The standard InChI is InChI=1S/C10H8N2O2Se/c13-9-8(6-11-10(14)12(9)15)7-4-2-1-3-5-7/h1-6,15H,(H,11,14). The van der Waals surface area contributed by atoms with Gasteiger partial charge < -0.3 is 0 Å². The first-order valence-electron chi connectivity index (χ1n) is 4.29. The van der Waals surface area contributed by atoms with Crippen LogP contribution in [0.15, 0.2) is 46.1 Å². The molecule has 2 aromatic rings. The Morgan fingerprint density at radius 1 is 1.13 bits per heavy atom. The SMILES string of the molecule is O=c1[nH]cc(-c2ccccc2)c(=O)n1[SeH]. The molecule has 0 saturated carbocycles. The van der Waals surface area contributed by atoms with E-state index >= 15 is 0 Å². The van der Waals surface area contributed by atoms with Crippen LogP contribution in [0.4, 0.5) is 0 Å². The van der Waals surface area contributed by atoms with E-state index in [0.717, 1.165) is 9.15 Å². The van der Waals surface area contributed by atoms with Crippen molar-refractivity contribution in [3.05, 3.63) is 57.4 Å². The van der Waals surface area contributed by atoms with Crippen LogP contribution in [0.25, 0.3) is 11.1 Å². The molecule has 0 amide bonds. The topological polar surface area (TPSA) is 54.9 Å². The molecule has 1 aromatic carbocycles. The molecule has 0 spiro atoms. The molecule has 0 radical (unpaired) electrons. The van der Waals surface area contributed by atoms with Gasteiger partial charge in [0.1, 0.15) is 0 Å². The molecule has 0 bridgehead atoms. The first-order chi connectivity index (χ1) is 7.20. The maximum atomic E-state index is 11.7. The molecule has 1 heterocycles. The fourth-order valence-electron chi connectivity index (χ4n) is 1.29. The van der Waals surface area contributed by atoms with Gasteiger partial charge in [-0.1, -0.05) is 0 Å². The van der Waals surface area contributed by atoms with Crippen LogP contribution in [0.2, 0.25) is 0 Å². The predicted octanol–water partition coefficient (Wildman–Crippen LogP) is -0.133. The van der Waals surface area contributed by atoms with Gasteiger partial charge in [-0.05, 0) is 0 Å². The Labute approximate surface area is 93.6 Å². The molecular formula is C10H8N2O2Se. The van der Waals surface area contributed by atoms with E-state index in [2.05, 4.69) is 4.98 Å². The van der Waals surface area contributed by atoms with Gasteiger partial charge >= 0.3 is 93.3 Å². The Hall–Kier alpha value is -1.58. The third-order valence-corrected chi connectivity index (χ3v) is 2.80. The second kappa shape index (κ2) is 3.88. The number of benzene rings is 1. The molecule has 4 nitrogen and oxygen atoms in total. The predicted molar refractivity (Wildman–Crippen MR) is 59.3 cm³/mol. The summed E-state index contributed by atoms with van der Waals surface area (Å²) in [4.78, 5) is 25.3. The van der Waals surface area contributed by atoms with Gasteiger partial charge in [0.05, 0.1) is 0 Å². The van der Waals surface area contributed by atoms with Crippen molar-refractivity contribution < 1.29 is 0 Å². The zero-order valence-electron chi connectivity index (χ0n) is 7.68. The third-order valence-electron chi connectivity index (χ3n) is 2.04. The van der Waals surface area contributed by atoms with Crippen molar-refractivity contribution in [3.63, 3.8) is 0 Å². The number of H-pyrrole nitrogens is 1. The summed E-state index contributed by atoms with van der Waals surface area (Å²) in [6.07, 6.45) is 1.43. The molecule has 76 valence electrons. The number of nitrogens with zero attached hydrogens (tertiary/aromatic N) is 1. The number of rotatable bonds is 1. The second-order valence-electron chi connectivity index (χ2n) is 2.99. The van der Waals surface area contributed by atoms with Gasteiger partial charge in [-0.15, -0.1) is 0 Å². The summed E-state index contributed by atoms with van der Waals surface area (Å²) in [5.41, 5.74) is 0.527. The van der Waals surface area contributed by atoms with E-state index in [-0.39, 0.29) is 5.56 Å². The average Bonchev–Trinajstić information content (AvgIpc) is 2.27. The van der Waals surface area contributed by atoms with Gasteiger partial charge in [0, 0.05) is 0 Å². The number of hydrogen-bond donors (Lipinski definition) is 1. The van der Waals surface area contributed by atoms with Crippen molar-refractivity contribution >= 4 is 16.2 Å². The Morgan fingerprint density at radius 3 is 2.47 bits per heavy atom. The Balaban J connectivity index is 2.71. The van der Waals surface area contributed by atoms with Gasteiger partial charge in [0.25, 0.3) is 0 Å². The number of nitrogens with one attached hydrogen (secondary N) is 1. The van der Waals surface area contributed by atoms with E-state index in [0.29, 0.717) is 5.56 Å². The first kappa shape index (κ1) is 9.96. The summed E-state index contributed by atoms with van der Waals surface area (Å²) in [5.74, 6) is 0. The van der Waals surface area contributed by atoms with Crippen molar-refractivity contribution in [2.75, 3.05) is 0 Å². The molecule has 0 fully saturated rings. The summed E-state index contributed by atoms with van der Waals surface area (Å²) < 4.78 is 0.995. The van der Waals surface area contributed by atoms with Crippen LogP contribution in [0, 0.1) is 0 Å². The molecule has 0 aliphatic carbocycles. The molecule has 1 N–H and O–H groups in total. The van der Waals surface area contributed by atoms with Crippen molar-refractivity contribution in [1.82, 2.24) is 8.57 Å². The monoisotopic (exact) mass is 268 g/mol. The van der Waals surface area contributed by atoms with E-state index in [1.807, 2.05) is 46.6 Å². The van der Waals surface area contributed by atoms with Gasteiger partial charge in [-0.25, -0.2) is 0 Å². The summed E-state index contributed by atoms with van der Waals surface area (Å²) in [6.45, 7) is 0. The fourth-order valence-corrected chi connectivity index (χ4v) is 1.63. The van der Waals surface area contributed by atoms with Crippen LogP contribution in [0.5, 0.6) is 0 Å². The molecule has 0 aliphatic heterocycles. The van der Waals surface area contributed by atoms with E-state index < -0.39 is 5.69 Å². The van der Waals surface area contributed by atoms with Gasteiger partial charge in [0.2, 0.25) is 0 Å². The van der Waals surface area contributed by atoms with Crippen LogP contribution in [-0.4, -0.2) is 24.8 Å². The van der Waals surface area contributed by atoms with Crippen LogP contribution in [0.1, 0.15) is 0 Å². The molecule has 0 aliphatic rings. The Bertz CT molecular complexity index is 586. The van der Waals surface area contributed by atoms with Crippen LogP contribution < -0.4 is 11.2 Å². The average molecular weight is 267 g/mol. The molecule has 1 aromatic heterocycles. The zero-order valence-corrected chi connectivity index (χ0v) is 9.55. The minimum absolute atomic E-state index is 0.315. The second-order valence-corrected chi connectivity index (χ2v) is 3.83. The van der Waals surface area contributed by atoms with Crippen LogP contribution >= 0.6 is 0 Å². The first-order valence-corrected chi connectivity index (χ1v) is 5.13. The van der Waals surface area contributed by atoms with Crippen molar-refractivity contribution in [1.29, 1.82) is 0 Å². The fraction of sp³-hybridized carbons (Fsp3) is 0. The van der Waals surface area contributed by atoms with Crippen molar-refractivity contribution in [2.45, 2.75) is 0 Å². The summed E-state index contributed by atoms with van der Waals surface area (Å²) in [7, 11) is 0. The number of aromatic amines is 1. The van der Waals surface area contributed by atoms with E-state index in [4.69, 9.17) is 0 Å². The van der Waals surface area contributed by atoms with Gasteiger partial charge in [-0.3, -0.25) is 0 Å². The Morgan fingerprint density at radius 2 is 1.80 bits per heavy atom. The molecule has 0 unspecified atom stereocenters. The quantitative estimate of drug-likeness (QED) is 0.732. The van der Waals surface area contributed by atoms with Gasteiger partial charge in [0.15, 0.2) is 0 Å². The molecule has 0 atom stereocenters. The van der Waals surface area contributed by atoms with E-state index in [9.17, 15) is 9.59 Å². The molecular weight excluding hydrogens is 259 g/mol. The molecule has 15 heavy (non-hydrogen) atoms. The summed E-state index contributed by atoms with van der Waals surface area (Å²) >= 11 is 1.93. The number of hydrogen-bond acceptors (Lipinski definition) is 2. The third kappa shape index (κ3) is 1.79. The van der Waals surface area contributed by atoms with Gasteiger partial charge in [-0.2, -0.15) is 0 Å². The van der Waals surface area contributed by atoms with Crippen molar-refractivity contribution in [2.24, 2.45) is 0 Å². The maximum absolute atomic E-state index is 11.7. The Kier molecular flexibility index (Phi) is 2.58. The minimum atomic E-state index is -0.431. The summed E-state index contributed by atoms with van der Waals surface area (Å²) in [6, 6.07) is 9.20. The van der Waals surface area contributed by atoms with Crippen LogP contribution in [0.3, 0.4) is 0 Å². The van der Waals surface area contributed by atoms with Crippen LogP contribution in [-0.2, 0) is 0 Å². The molecule has 0 saturated heterocycles. The van der Waals surface area contributed by atoms with E-state index in [1.165, 1.54) is 6.20 Å². The molecule has 2 rings (SSSR count).